The van der Waals surface area contributed by atoms with E-state index in [0.29, 0.717) is 45.1 Å². The van der Waals surface area contributed by atoms with Crippen molar-refractivity contribution in [3.8, 4) is 5.75 Å². The third-order valence-corrected chi connectivity index (χ3v) is 6.29. The van der Waals surface area contributed by atoms with E-state index in [4.69, 9.17) is 14.6 Å². The van der Waals surface area contributed by atoms with Gasteiger partial charge in [-0.15, -0.1) is 0 Å². The van der Waals surface area contributed by atoms with Crippen LogP contribution in [-0.2, 0) is 30.8 Å². The standard InChI is InChI=1S/C25H29N5O3/c1-32-21-7-4-5-19(15-21)16-28-10-8-23-22(18-28)24(25(31)29-11-13-33-14-12-29)27-30(23)17-20-6-2-3-9-26-20/h2-7,9,15H,8,10-14,16-18H2,1H3. The van der Waals surface area contributed by atoms with Crippen molar-refractivity contribution in [3.63, 3.8) is 0 Å². The predicted molar refractivity (Wildman–Crippen MR) is 123 cm³/mol. The van der Waals surface area contributed by atoms with E-state index in [-0.39, 0.29) is 5.91 Å². The summed E-state index contributed by atoms with van der Waals surface area (Å²) in [4.78, 5) is 22.1. The Morgan fingerprint density at radius 3 is 2.76 bits per heavy atom. The number of nitrogens with zero attached hydrogens (tertiary/aromatic N) is 5. The maximum atomic E-state index is 13.4. The summed E-state index contributed by atoms with van der Waals surface area (Å²) in [6.07, 6.45) is 2.64. The first kappa shape index (κ1) is 21.6. The van der Waals surface area contributed by atoms with E-state index < -0.39 is 0 Å². The molecule has 4 heterocycles. The number of amides is 1. The summed E-state index contributed by atoms with van der Waals surface area (Å²) in [5.41, 5.74) is 4.88. The van der Waals surface area contributed by atoms with Gasteiger partial charge in [-0.2, -0.15) is 5.10 Å². The van der Waals surface area contributed by atoms with Crippen molar-refractivity contribution < 1.29 is 14.3 Å². The van der Waals surface area contributed by atoms with Crippen molar-refractivity contribution in [3.05, 3.63) is 76.9 Å². The van der Waals surface area contributed by atoms with Crippen molar-refractivity contribution in [1.29, 1.82) is 0 Å². The zero-order chi connectivity index (χ0) is 22.6. The summed E-state index contributed by atoms with van der Waals surface area (Å²) >= 11 is 0. The van der Waals surface area contributed by atoms with Gasteiger partial charge in [-0.1, -0.05) is 18.2 Å². The summed E-state index contributed by atoms with van der Waals surface area (Å²) in [5.74, 6) is 0.856. The van der Waals surface area contributed by atoms with Crippen LogP contribution in [-0.4, -0.2) is 70.4 Å². The van der Waals surface area contributed by atoms with Gasteiger partial charge < -0.3 is 14.4 Å². The minimum absolute atomic E-state index is 0.00227. The lowest BCUT2D eigenvalue weighted by atomic mass is 10.0. The highest BCUT2D eigenvalue weighted by Gasteiger charge is 2.31. The Hall–Kier alpha value is -3.23. The SMILES string of the molecule is COc1cccc(CN2CCc3c(c(C(=O)N4CCOCC4)nn3Cc3ccccn3)C2)c1. The normalized spacial score (nSPS) is 16.5. The van der Waals surface area contributed by atoms with Crippen molar-refractivity contribution >= 4 is 5.91 Å². The van der Waals surface area contributed by atoms with Gasteiger partial charge in [0.2, 0.25) is 0 Å². The van der Waals surface area contributed by atoms with E-state index >= 15 is 0 Å². The van der Waals surface area contributed by atoms with Gasteiger partial charge in [-0.3, -0.25) is 19.4 Å². The summed E-state index contributed by atoms with van der Waals surface area (Å²) in [5, 5.41) is 4.83. The van der Waals surface area contributed by atoms with Crippen LogP contribution in [0.15, 0.2) is 48.7 Å². The molecule has 2 aromatic heterocycles. The zero-order valence-corrected chi connectivity index (χ0v) is 18.9. The molecule has 0 atom stereocenters. The predicted octanol–water partition coefficient (Wildman–Crippen LogP) is 2.37. The average molecular weight is 448 g/mol. The first-order valence-corrected chi connectivity index (χ1v) is 11.4. The molecule has 8 nitrogen and oxygen atoms in total. The minimum atomic E-state index is -0.00227. The number of hydrogen-bond donors (Lipinski definition) is 0. The smallest absolute Gasteiger partial charge is 0.274 e. The van der Waals surface area contributed by atoms with E-state index in [9.17, 15) is 4.79 Å². The first-order valence-electron chi connectivity index (χ1n) is 11.4. The molecule has 0 spiro atoms. The van der Waals surface area contributed by atoms with E-state index in [0.717, 1.165) is 42.2 Å². The van der Waals surface area contributed by atoms with Crippen LogP contribution in [0.25, 0.3) is 0 Å². The molecule has 0 aliphatic carbocycles. The molecular weight excluding hydrogens is 418 g/mol. The van der Waals surface area contributed by atoms with Gasteiger partial charge in [0, 0.05) is 56.6 Å². The fourth-order valence-corrected chi connectivity index (χ4v) is 4.57. The van der Waals surface area contributed by atoms with Crippen LogP contribution in [0.4, 0.5) is 0 Å². The molecule has 0 N–H and O–H groups in total. The number of rotatable bonds is 6. The maximum Gasteiger partial charge on any atom is 0.274 e. The van der Waals surface area contributed by atoms with Crippen molar-refractivity contribution in [2.75, 3.05) is 40.0 Å². The van der Waals surface area contributed by atoms with E-state index in [1.165, 1.54) is 5.56 Å². The molecule has 33 heavy (non-hydrogen) atoms. The number of fused-ring (bicyclic) bond motifs is 1. The Balaban J connectivity index is 1.43. The summed E-state index contributed by atoms with van der Waals surface area (Å²) in [7, 11) is 1.69. The maximum absolute atomic E-state index is 13.4. The molecule has 1 amide bonds. The number of morpholine rings is 1. The van der Waals surface area contributed by atoms with Crippen LogP contribution < -0.4 is 4.74 Å². The molecule has 0 bridgehead atoms. The third-order valence-electron chi connectivity index (χ3n) is 6.29. The zero-order valence-electron chi connectivity index (χ0n) is 18.9. The lowest BCUT2D eigenvalue weighted by Gasteiger charge is -2.29. The molecular formula is C25H29N5O3. The molecule has 0 saturated carbocycles. The molecule has 172 valence electrons. The van der Waals surface area contributed by atoms with Crippen LogP contribution in [0, 0.1) is 0 Å². The molecule has 0 unspecified atom stereocenters. The van der Waals surface area contributed by atoms with Crippen LogP contribution in [0.5, 0.6) is 5.75 Å². The lowest BCUT2D eigenvalue weighted by Crippen LogP contribution is -2.41. The molecule has 2 aliphatic rings. The Bertz CT molecular complexity index is 1110. The molecule has 8 heteroatoms. The largest absolute Gasteiger partial charge is 0.497 e. The molecule has 1 fully saturated rings. The van der Waals surface area contributed by atoms with Crippen LogP contribution >= 0.6 is 0 Å². The summed E-state index contributed by atoms with van der Waals surface area (Å²) < 4.78 is 12.8. The van der Waals surface area contributed by atoms with Crippen molar-refractivity contribution in [1.82, 2.24) is 24.6 Å². The van der Waals surface area contributed by atoms with Crippen molar-refractivity contribution in [2.24, 2.45) is 0 Å². The highest BCUT2D eigenvalue weighted by atomic mass is 16.5. The highest BCUT2D eigenvalue weighted by molar-refractivity contribution is 5.94. The number of pyridine rings is 1. The van der Waals surface area contributed by atoms with Gasteiger partial charge in [0.15, 0.2) is 5.69 Å². The fourth-order valence-electron chi connectivity index (χ4n) is 4.57. The van der Waals surface area contributed by atoms with Gasteiger partial charge in [0.25, 0.3) is 5.91 Å². The Kier molecular flexibility index (Phi) is 6.37. The van der Waals surface area contributed by atoms with E-state index in [1.807, 2.05) is 39.9 Å². The topological polar surface area (TPSA) is 72.7 Å². The third kappa shape index (κ3) is 4.77. The Morgan fingerprint density at radius 2 is 1.97 bits per heavy atom. The van der Waals surface area contributed by atoms with Gasteiger partial charge in [-0.05, 0) is 29.8 Å². The number of carbonyl (C=O) groups excluding carboxylic acids is 1. The van der Waals surface area contributed by atoms with Crippen LogP contribution in [0.3, 0.4) is 0 Å². The second-order valence-corrected chi connectivity index (χ2v) is 8.47. The summed E-state index contributed by atoms with van der Waals surface area (Å²) in [6.45, 7) is 5.32. The molecule has 2 aliphatic heterocycles. The van der Waals surface area contributed by atoms with Crippen molar-refractivity contribution in [2.45, 2.75) is 26.1 Å². The average Bonchev–Trinajstić information content (AvgIpc) is 3.22. The molecule has 0 radical (unpaired) electrons. The van der Waals surface area contributed by atoms with Gasteiger partial charge in [-0.25, -0.2) is 0 Å². The monoisotopic (exact) mass is 447 g/mol. The number of aromatic nitrogens is 3. The lowest BCUT2D eigenvalue weighted by molar-refractivity contribution is 0.0297. The Labute approximate surface area is 193 Å². The molecule has 5 rings (SSSR count). The van der Waals surface area contributed by atoms with Crippen LogP contribution in [0.1, 0.15) is 33.0 Å². The van der Waals surface area contributed by atoms with Gasteiger partial charge in [0.1, 0.15) is 5.75 Å². The number of benzene rings is 1. The number of hydrogen-bond acceptors (Lipinski definition) is 6. The number of carbonyl (C=O) groups is 1. The van der Waals surface area contributed by atoms with E-state index in [2.05, 4.69) is 22.0 Å². The van der Waals surface area contributed by atoms with Gasteiger partial charge >= 0.3 is 0 Å². The molecule has 1 saturated heterocycles. The quantitative estimate of drug-likeness (QED) is 0.578. The fraction of sp³-hybridized carbons (Fsp3) is 0.400. The van der Waals surface area contributed by atoms with Crippen LogP contribution in [0.2, 0.25) is 0 Å². The number of ether oxygens (including phenoxy) is 2. The number of methoxy groups -OCH3 is 1. The second-order valence-electron chi connectivity index (χ2n) is 8.47. The highest BCUT2D eigenvalue weighted by Crippen LogP contribution is 2.26. The van der Waals surface area contributed by atoms with Gasteiger partial charge in [0.05, 0.1) is 32.6 Å². The Morgan fingerprint density at radius 1 is 1.09 bits per heavy atom. The minimum Gasteiger partial charge on any atom is -0.497 e. The first-order chi connectivity index (χ1) is 16.2. The second kappa shape index (κ2) is 9.72. The molecule has 3 aromatic rings. The summed E-state index contributed by atoms with van der Waals surface area (Å²) in [6, 6.07) is 14.0. The molecule has 1 aromatic carbocycles. The van der Waals surface area contributed by atoms with E-state index in [1.54, 1.807) is 13.3 Å².